The van der Waals surface area contributed by atoms with Crippen LogP contribution in [0.2, 0.25) is 0 Å². The van der Waals surface area contributed by atoms with E-state index in [-0.39, 0.29) is 25.2 Å². The van der Waals surface area contributed by atoms with Gasteiger partial charge in [0.05, 0.1) is 30.8 Å². The highest BCUT2D eigenvalue weighted by atomic mass is 32.2. The normalized spacial score (nSPS) is 21.4. The molecule has 236 valence electrons. The fraction of sp³-hybridized carbons (Fsp3) is 0.625. The van der Waals surface area contributed by atoms with Gasteiger partial charge in [0.1, 0.15) is 12.4 Å². The van der Waals surface area contributed by atoms with Crippen molar-refractivity contribution in [1.29, 1.82) is 0 Å². The molecule has 2 aromatic rings. The highest BCUT2D eigenvalue weighted by molar-refractivity contribution is 7.89. The Labute approximate surface area is 256 Å². The van der Waals surface area contributed by atoms with Gasteiger partial charge in [-0.2, -0.15) is 4.31 Å². The number of likely N-dealkylation sites (tertiary alicyclic amines) is 2. The topological polar surface area (TPSA) is 102 Å². The SMILES string of the molecule is COc1cc(C)c(S(=O)(=O)N2CCCC[C@H]2COCC(=O)N2CCC(OCCN3CCC3)(c3cccnc3)CC2)c(C)c1. The highest BCUT2D eigenvalue weighted by Crippen LogP contribution is 2.37. The van der Waals surface area contributed by atoms with Crippen LogP contribution in [-0.2, 0) is 29.9 Å². The lowest BCUT2D eigenvalue weighted by Crippen LogP contribution is -2.49. The maximum absolute atomic E-state index is 13.8. The molecule has 43 heavy (non-hydrogen) atoms. The lowest BCUT2D eigenvalue weighted by atomic mass is 9.85. The average molecular weight is 615 g/mol. The van der Waals surface area contributed by atoms with Crippen molar-refractivity contribution in [3.05, 3.63) is 53.3 Å². The number of rotatable bonds is 12. The number of hydrogen-bond acceptors (Lipinski definition) is 8. The number of benzene rings is 1. The molecular formula is C32H46N4O6S. The third-order valence-corrected chi connectivity index (χ3v) is 11.4. The number of hydrogen-bond donors (Lipinski definition) is 0. The zero-order chi connectivity index (χ0) is 30.5. The van der Waals surface area contributed by atoms with Gasteiger partial charge in [0.15, 0.2) is 0 Å². The first-order chi connectivity index (χ1) is 20.7. The molecule has 5 rings (SSSR count). The summed E-state index contributed by atoms with van der Waals surface area (Å²) in [5.74, 6) is 0.562. The molecule has 1 aromatic carbocycles. The molecule has 10 nitrogen and oxygen atoms in total. The van der Waals surface area contributed by atoms with Crippen molar-refractivity contribution in [1.82, 2.24) is 19.1 Å². The smallest absolute Gasteiger partial charge is 0.248 e. The summed E-state index contributed by atoms with van der Waals surface area (Å²) in [7, 11) is -2.16. The minimum atomic E-state index is -3.74. The summed E-state index contributed by atoms with van der Waals surface area (Å²) in [4.78, 5) is 22.1. The van der Waals surface area contributed by atoms with Crippen LogP contribution in [0.4, 0.5) is 0 Å². The molecule has 1 atom stereocenters. The Kier molecular flexibility index (Phi) is 10.4. The van der Waals surface area contributed by atoms with Gasteiger partial charge in [0.2, 0.25) is 15.9 Å². The second kappa shape index (κ2) is 14.0. The van der Waals surface area contributed by atoms with Gasteiger partial charge in [-0.25, -0.2) is 8.42 Å². The van der Waals surface area contributed by atoms with E-state index in [1.807, 2.05) is 17.2 Å². The number of sulfonamides is 1. The van der Waals surface area contributed by atoms with Gasteiger partial charge in [0.25, 0.3) is 0 Å². The predicted octanol–water partition coefficient (Wildman–Crippen LogP) is 3.51. The van der Waals surface area contributed by atoms with Crippen LogP contribution < -0.4 is 4.74 Å². The molecule has 0 bridgehead atoms. The predicted molar refractivity (Wildman–Crippen MR) is 164 cm³/mol. The Hall–Kier alpha value is -2.57. The van der Waals surface area contributed by atoms with Crippen LogP contribution in [0.5, 0.6) is 5.75 Å². The monoisotopic (exact) mass is 614 g/mol. The number of methoxy groups -OCH3 is 1. The Balaban J connectivity index is 1.16. The van der Waals surface area contributed by atoms with E-state index in [1.165, 1.54) is 6.42 Å². The summed E-state index contributed by atoms with van der Waals surface area (Å²) in [5, 5.41) is 0. The van der Waals surface area contributed by atoms with E-state index in [9.17, 15) is 13.2 Å². The maximum Gasteiger partial charge on any atom is 0.248 e. The van der Waals surface area contributed by atoms with Gasteiger partial charge >= 0.3 is 0 Å². The number of piperidine rings is 2. The highest BCUT2D eigenvalue weighted by Gasteiger charge is 2.39. The Morgan fingerprint density at radius 3 is 2.42 bits per heavy atom. The van der Waals surface area contributed by atoms with Crippen LogP contribution in [0.25, 0.3) is 0 Å². The van der Waals surface area contributed by atoms with Gasteiger partial charge in [-0.3, -0.25) is 9.78 Å². The lowest BCUT2D eigenvalue weighted by Gasteiger charge is -2.42. The minimum absolute atomic E-state index is 0.0688. The van der Waals surface area contributed by atoms with Crippen LogP contribution in [-0.4, -0.2) is 106 Å². The molecule has 3 fully saturated rings. The molecule has 3 aliphatic heterocycles. The summed E-state index contributed by atoms with van der Waals surface area (Å²) in [6, 6.07) is 7.20. The van der Waals surface area contributed by atoms with Crippen molar-refractivity contribution in [2.45, 2.75) is 68.9 Å². The molecule has 0 aliphatic carbocycles. The number of carbonyl (C=O) groups is 1. The van der Waals surface area contributed by atoms with E-state index in [0.29, 0.717) is 67.3 Å². The number of aryl methyl sites for hydroxylation is 2. The Morgan fingerprint density at radius 1 is 1.05 bits per heavy atom. The van der Waals surface area contributed by atoms with Crippen LogP contribution in [0.15, 0.2) is 41.6 Å². The van der Waals surface area contributed by atoms with Crippen molar-refractivity contribution in [3.63, 3.8) is 0 Å². The summed E-state index contributed by atoms with van der Waals surface area (Å²) in [6.07, 6.45) is 8.72. The van der Waals surface area contributed by atoms with Crippen molar-refractivity contribution in [2.24, 2.45) is 0 Å². The molecule has 0 unspecified atom stereocenters. The summed E-state index contributed by atoms with van der Waals surface area (Å²) in [5.41, 5.74) is 1.93. The van der Waals surface area contributed by atoms with Crippen LogP contribution >= 0.6 is 0 Å². The van der Waals surface area contributed by atoms with Gasteiger partial charge in [-0.1, -0.05) is 12.5 Å². The van der Waals surface area contributed by atoms with Gasteiger partial charge < -0.3 is 24.0 Å². The molecule has 0 saturated carbocycles. The third kappa shape index (κ3) is 7.23. The molecule has 0 spiro atoms. The van der Waals surface area contributed by atoms with Crippen LogP contribution in [0, 0.1) is 13.8 Å². The second-order valence-electron chi connectivity index (χ2n) is 12.0. The lowest BCUT2D eigenvalue weighted by molar-refractivity contribution is -0.145. The fourth-order valence-corrected chi connectivity index (χ4v) is 8.72. The number of ether oxygens (including phenoxy) is 3. The Morgan fingerprint density at radius 2 is 1.79 bits per heavy atom. The van der Waals surface area contributed by atoms with Gasteiger partial charge in [0, 0.05) is 50.2 Å². The molecule has 0 N–H and O–H groups in total. The standard InChI is InChI=1S/C32H46N4O6S/c1-25-20-29(40-3)21-26(2)31(25)43(38,39)36-15-5-4-9-28(36)23-41-24-30(37)35-16-10-32(11-17-35,27-8-6-12-33-22-27)42-19-18-34-13-7-14-34/h6,8,12,20-22,28H,4-5,7,9-11,13-19,23-24H2,1-3H3/t28-/m0/s1. The van der Waals surface area contributed by atoms with E-state index in [0.717, 1.165) is 38.0 Å². The number of nitrogens with zero attached hydrogens (tertiary/aromatic N) is 4. The first-order valence-corrected chi connectivity index (χ1v) is 17.0. The van der Waals surface area contributed by atoms with E-state index < -0.39 is 15.6 Å². The van der Waals surface area contributed by atoms with E-state index in [1.54, 1.807) is 43.6 Å². The molecule has 1 aromatic heterocycles. The molecule has 4 heterocycles. The molecule has 0 radical (unpaired) electrons. The van der Waals surface area contributed by atoms with Gasteiger partial charge in [-0.15, -0.1) is 0 Å². The summed E-state index contributed by atoms with van der Waals surface area (Å²) in [6.45, 7) is 9.15. The van der Waals surface area contributed by atoms with Crippen LogP contribution in [0.1, 0.15) is 55.2 Å². The Bertz CT molecular complexity index is 1320. The first kappa shape index (κ1) is 31.8. The zero-order valence-electron chi connectivity index (χ0n) is 25.8. The molecule has 3 aliphatic rings. The third-order valence-electron chi connectivity index (χ3n) is 9.19. The van der Waals surface area contributed by atoms with Crippen LogP contribution in [0.3, 0.4) is 0 Å². The molecule has 11 heteroatoms. The largest absolute Gasteiger partial charge is 0.497 e. The second-order valence-corrected chi connectivity index (χ2v) is 13.9. The summed E-state index contributed by atoms with van der Waals surface area (Å²) < 4.78 is 47.0. The van der Waals surface area contributed by atoms with E-state index >= 15 is 0 Å². The van der Waals surface area contributed by atoms with Crippen molar-refractivity contribution < 1.29 is 27.4 Å². The molecule has 3 saturated heterocycles. The van der Waals surface area contributed by atoms with Crippen molar-refractivity contribution in [3.8, 4) is 5.75 Å². The number of aromatic nitrogens is 1. The van der Waals surface area contributed by atoms with E-state index in [4.69, 9.17) is 14.2 Å². The fourth-order valence-electron chi connectivity index (χ4n) is 6.62. The average Bonchev–Trinajstić information content (AvgIpc) is 2.98. The number of amides is 1. The molecular weight excluding hydrogens is 568 g/mol. The maximum atomic E-state index is 13.8. The van der Waals surface area contributed by atoms with Gasteiger partial charge in [-0.05, 0) is 88.4 Å². The first-order valence-electron chi connectivity index (χ1n) is 15.5. The quantitative estimate of drug-likeness (QED) is 0.358. The van der Waals surface area contributed by atoms with Crippen molar-refractivity contribution in [2.75, 3.05) is 66.2 Å². The minimum Gasteiger partial charge on any atom is -0.497 e. The van der Waals surface area contributed by atoms with E-state index in [2.05, 4.69) is 16.0 Å². The zero-order valence-corrected chi connectivity index (χ0v) is 26.6. The van der Waals surface area contributed by atoms with Crippen molar-refractivity contribution >= 4 is 15.9 Å². The number of carbonyl (C=O) groups excluding carboxylic acids is 1. The number of pyridine rings is 1. The summed E-state index contributed by atoms with van der Waals surface area (Å²) >= 11 is 0. The molecule has 1 amide bonds.